The molecular weight excluding hydrogens is 420 g/mol. The van der Waals surface area contributed by atoms with Crippen LogP contribution in [-0.2, 0) is 0 Å². The molecule has 0 saturated heterocycles. The largest absolute Gasteiger partial charge is 0.493 e. The number of thiophene rings is 1. The summed E-state index contributed by atoms with van der Waals surface area (Å²) in [5.41, 5.74) is 2.43. The van der Waals surface area contributed by atoms with Crippen LogP contribution in [0.4, 0.5) is 0 Å². The van der Waals surface area contributed by atoms with Gasteiger partial charge in [0.15, 0.2) is 17.3 Å². The monoisotopic (exact) mass is 438 g/mol. The van der Waals surface area contributed by atoms with E-state index in [4.69, 9.17) is 21.1 Å². The van der Waals surface area contributed by atoms with Crippen molar-refractivity contribution in [3.8, 4) is 22.6 Å². The number of methoxy groups -OCH3 is 1. The lowest BCUT2D eigenvalue weighted by atomic mass is 10.1. The number of aromatic amines is 1. The molecule has 0 radical (unpaired) electrons. The first-order chi connectivity index (χ1) is 14.6. The Morgan fingerprint density at radius 1 is 1.20 bits per heavy atom. The lowest BCUT2D eigenvalue weighted by Crippen LogP contribution is -2.10. The predicted octanol–water partition coefficient (Wildman–Crippen LogP) is 5.80. The van der Waals surface area contributed by atoms with Gasteiger partial charge in [0.25, 0.3) is 5.56 Å². The van der Waals surface area contributed by atoms with Crippen molar-refractivity contribution in [1.29, 1.82) is 0 Å². The molecule has 0 fully saturated rings. The van der Waals surface area contributed by atoms with Gasteiger partial charge in [0, 0.05) is 10.9 Å². The Hall–Kier alpha value is -3.09. The van der Waals surface area contributed by atoms with E-state index >= 15 is 0 Å². The average Bonchev–Trinajstić information content (AvgIpc) is 3.20. The van der Waals surface area contributed by atoms with Gasteiger partial charge in [-0.15, -0.1) is 11.3 Å². The van der Waals surface area contributed by atoms with Crippen LogP contribution in [0.3, 0.4) is 0 Å². The molecule has 4 aromatic rings. The number of rotatable bonds is 6. The molecule has 7 heteroatoms. The van der Waals surface area contributed by atoms with Crippen LogP contribution in [-0.4, -0.2) is 23.7 Å². The van der Waals surface area contributed by atoms with Crippen LogP contribution in [0, 0.1) is 0 Å². The highest BCUT2D eigenvalue weighted by molar-refractivity contribution is 7.17. The maximum atomic E-state index is 12.8. The first kappa shape index (κ1) is 20.2. The van der Waals surface area contributed by atoms with Crippen LogP contribution in [0.15, 0.2) is 58.7 Å². The van der Waals surface area contributed by atoms with Gasteiger partial charge < -0.3 is 14.5 Å². The molecular formula is C23H19ClN2O3S. The van der Waals surface area contributed by atoms with Crippen molar-refractivity contribution < 1.29 is 9.47 Å². The quantitative estimate of drug-likeness (QED) is 0.413. The van der Waals surface area contributed by atoms with Crippen LogP contribution in [0.5, 0.6) is 11.5 Å². The lowest BCUT2D eigenvalue weighted by molar-refractivity contribution is 0.311. The Kier molecular flexibility index (Phi) is 5.88. The zero-order valence-electron chi connectivity index (χ0n) is 16.4. The van der Waals surface area contributed by atoms with Crippen LogP contribution in [0.1, 0.15) is 18.3 Å². The number of hydrogen-bond donors (Lipinski definition) is 1. The van der Waals surface area contributed by atoms with Gasteiger partial charge >= 0.3 is 0 Å². The number of nitrogens with one attached hydrogen (secondary N) is 1. The summed E-state index contributed by atoms with van der Waals surface area (Å²) in [7, 11) is 1.58. The van der Waals surface area contributed by atoms with E-state index < -0.39 is 0 Å². The molecule has 0 amide bonds. The highest BCUT2D eigenvalue weighted by Gasteiger charge is 2.14. The maximum Gasteiger partial charge on any atom is 0.260 e. The molecule has 0 saturated carbocycles. The summed E-state index contributed by atoms with van der Waals surface area (Å²) in [6, 6.07) is 15.3. The van der Waals surface area contributed by atoms with E-state index in [1.165, 1.54) is 11.3 Å². The van der Waals surface area contributed by atoms with Crippen molar-refractivity contribution in [3.05, 3.63) is 75.7 Å². The molecule has 152 valence electrons. The van der Waals surface area contributed by atoms with E-state index in [1.807, 2.05) is 60.8 Å². The van der Waals surface area contributed by atoms with Crippen LogP contribution in [0.25, 0.3) is 32.5 Å². The summed E-state index contributed by atoms with van der Waals surface area (Å²) in [4.78, 5) is 20.8. The summed E-state index contributed by atoms with van der Waals surface area (Å²) in [6.45, 7) is 2.46. The van der Waals surface area contributed by atoms with Crippen molar-refractivity contribution in [2.45, 2.75) is 6.92 Å². The molecule has 0 aliphatic rings. The number of benzene rings is 2. The maximum absolute atomic E-state index is 12.8. The lowest BCUT2D eigenvalue weighted by Gasteiger charge is -2.09. The molecule has 2 aromatic carbocycles. The Balaban J connectivity index is 1.72. The number of H-pyrrole nitrogens is 1. The minimum Gasteiger partial charge on any atom is -0.493 e. The van der Waals surface area contributed by atoms with E-state index in [0.717, 1.165) is 16.7 Å². The number of hydrogen-bond acceptors (Lipinski definition) is 5. The summed E-state index contributed by atoms with van der Waals surface area (Å²) in [5, 5.41) is 2.85. The smallest absolute Gasteiger partial charge is 0.260 e. The molecule has 0 atom stereocenters. The zero-order valence-corrected chi connectivity index (χ0v) is 18.0. The third-order valence-corrected chi connectivity index (χ3v) is 5.70. The van der Waals surface area contributed by atoms with Crippen molar-refractivity contribution in [1.82, 2.24) is 9.97 Å². The number of ether oxygens (including phenoxy) is 2. The van der Waals surface area contributed by atoms with Gasteiger partial charge in [-0.3, -0.25) is 4.79 Å². The highest BCUT2D eigenvalue weighted by atomic mass is 35.5. The van der Waals surface area contributed by atoms with E-state index in [1.54, 1.807) is 13.2 Å². The number of halogens is 1. The molecule has 0 unspecified atom stereocenters. The Morgan fingerprint density at radius 3 is 2.73 bits per heavy atom. The van der Waals surface area contributed by atoms with Gasteiger partial charge in [-0.2, -0.15) is 0 Å². The fourth-order valence-corrected chi connectivity index (χ4v) is 4.32. The van der Waals surface area contributed by atoms with Crippen molar-refractivity contribution in [2.75, 3.05) is 13.7 Å². The van der Waals surface area contributed by atoms with Gasteiger partial charge in [-0.25, -0.2) is 4.98 Å². The van der Waals surface area contributed by atoms with Gasteiger partial charge in [0.05, 0.1) is 24.1 Å². The summed E-state index contributed by atoms with van der Waals surface area (Å²) in [6.07, 6.45) is 1.73. The normalized spacial score (nSPS) is 11.6. The summed E-state index contributed by atoms with van der Waals surface area (Å²) >= 11 is 7.92. The second kappa shape index (κ2) is 8.73. The Labute approximate surface area is 182 Å². The standard InChI is InChI=1S/C23H19ClN2O3S/c1-3-29-18-10-9-14(12-19(18)28-2)11-17(24)21-25-22(27)20-16(13-30-23(20)26-21)15-7-5-4-6-8-15/h4-13H,3H2,1-2H3,(H,25,26,27)/b17-11-. The van der Waals surface area contributed by atoms with Crippen LogP contribution in [0.2, 0.25) is 0 Å². The molecule has 0 bridgehead atoms. The summed E-state index contributed by atoms with van der Waals surface area (Å²) < 4.78 is 10.9. The fourth-order valence-electron chi connectivity index (χ4n) is 3.16. The fraction of sp³-hybridized carbons (Fsp3) is 0.130. The van der Waals surface area contributed by atoms with Crippen LogP contribution < -0.4 is 15.0 Å². The van der Waals surface area contributed by atoms with E-state index in [0.29, 0.717) is 39.2 Å². The average molecular weight is 439 g/mol. The molecule has 30 heavy (non-hydrogen) atoms. The topological polar surface area (TPSA) is 64.2 Å². The van der Waals surface area contributed by atoms with Crippen molar-refractivity contribution >= 4 is 44.3 Å². The number of nitrogens with zero attached hydrogens (tertiary/aromatic N) is 1. The number of fused-ring (bicyclic) bond motifs is 1. The molecule has 0 aliphatic carbocycles. The number of aromatic nitrogens is 2. The molecule has 5 nitrogen and oxygen atoms in total. The highest BCUT2D eigenvalue weighted by Crippen LogP contribution is 2.33. The minimum atomic E-state index is -0.217. The third-order valence-electron chi connectivity index (χ3n) is 4.54. The summed E-state index contributed by atoms with van der Waals surface area (Å²) in [5.74, 6) is 1.59. The molecule has 2 heterocycles. The first-order valence-electron chi connectivity index (χ1n) is 9.36. The van der Waals surface area contributed by atoms with Crippen LogP contribution >= 0.6 is 22.9 Å². The second-order valence-electron chi connectivity index (χ2n) is 6.45. The molecule has 4 rings (SSSR count). The Bertz CT molecular complexity index is 1280. The van der Waals surface area contributed by atoms with Gasteiger partial charge in [-0.05, 0) is 36.3 Å². The first-order valence-corrected chi connectivity index (χ1v) is 10.6. The van der Waals surface area contributed by atoms with Gasteiger partial charge in [-0.1, -0.05) is 48.0 Å². The second-order valence-corrected chi connectivity index (χ2v) is 7.71. The van der Waals surface area contributed by atoms with Gasteiger partial charge in [0.2, 0.25) is 0 Å². The van der Waals surface area contributed by atoms with Gasteiger partial charge in [0.1, 0.15) is 4.83 Å². The predicted molar refractivity (Wildman–Crippen MR) is 124 cm³/mol. The molecule has 0 aliphatic heterocycles. The van der Waals surface area contributed by atoms with Crippen molar-refractivity contribution in [2.24, 2.45) is 0 Å². The van der Waals surface area contributed by atoms with E-state index in [2.05, 4.69) is 9.97 Å². The minimum absolute atomic E-state index is 0.217. The SMILES string of the molecule is CCOc1ccc(/C=C(\Cl)c2nc3scc(-c4ccccc4)c3c(=O)[nH]2)cc1OC. The van der Waals surface area contributed by atoms with E-state index in [-0.39, 0.29) is 5.56 Å². The third kappa shape index (κ3) is 3.97. The Morgan fingerprint density at radius 2 is 2.00 bits per heavy atom. The molecule has 2 aromatic heterocycles. The van der Waals surface area contributed by atoms with Crippen molar-refractivity contribution in [3.63, 3.8) is 0 Å². The zero-order chi connectivity index (χ0) is 21.1. The molecule has 0 spiro atoms. The molecule has 1 N–H and O–H groups in total. The van der Waals surface area contributed by atoms with E-state index in [9.17, 15) is 4.79 Å².